The zero-order valence-electron chi connectivity index (χ0n) is 9.21. The van der Waals surface area contributed by atoms with Crippen LogP contribution in [0.15, 0.2) is 12.1 Å². The van der Waals surface area contributed by atoms with E-state index in [-0.39, 0.29) is 0 Å². The Kier molecular flexibility index (Phi) is 4.51. The molecule has 0 aliphatic rings. The molecule has 3 nitrogen and oxygen atoms in total. The molecule has 0 aliphatic heterocycles. The van der Waals surface area contributed by atoms with Gasteiger partial charge in [0.1, 0.15) is 6.07 Å². The smallest absolute Gasteiger partial charge is 0.339 e. The molecule has 0 saturated heterocycles. The molecule has 0 atom stereocenters. The fraction of sp³-hybridized carbons (Fsp3) is 0.333. The number of ether oxygens (including phenoxy) is 1. The van der Waals surface area contributed by atoms with Crippen molar-refractivity contribution < 1.29 is 9.53 Å². The summed E-state index contributed by atoms with van der Waals surface area (Å²) in [6, 6.07) is 5.61. The van der Waals surface area contributed by atoms with E-state index in [9.17, 15) is 4.79 Å². The average molecular weight is 282 g/mol. The van der Waals surface area contributed by atoms with Crippen LogP contribution < -0.4 is 0 Å². The Bertz CT molecular complexity index is 449. The lowest BCUT2D eigenvalue weighted by atomic mass is 10.00. The first-order chi connectivity index (χ1) is 7.63. The van der Waals surface area contributed by atoms with Gasteiger partial charge in [0.15, 0.2) is 0 Å². The molecule has 1 aromatic carbocycles. The van der Waals surface area contributed by atoms with Crippen molar-refractivity contribution in [3.8, 4) is 6.07 Å². The van der Waals surface area contributed by atoms with E-state index in [0.717, 1.165) is 11.1 Å². The monoisotopic (exact) mass is 281 g/mol. The number of aryl methyl sites for hydroxylation is 1. The molecule has 0 N–H and O–H groups in total. The van der Waals surface area contributed by atoms with Crippen LogP contribution in [0.25, 0.3) is 0 Å². The topological polar surface area (TPSA) is 50.1 Å². The Morgan fingerprint density at radius 3 is 2.75 bits per heavy atom. The van der Waals surface area contributed by atoms with Gasteiger partial charge >= 0.3 is 5.97 Å². The lowest BCUT2D eigenvalue weighted by Crippen LogP contribution is -2.09. The molecule has 84 valence electrons. The molecule has 0 heterocycles. The molecule has 0 radical (unpaired) electrons. The van der Waals surface area contributed by atoms with Gasteiger partial charge in [-0.3, -0.25) is 0 Å². The molecule has 0 spiro atoms. The molecule has 0 fully saturated rings. The number of hydrogen-bond donors (Lipinski definition) is 0. The highest BCUT2D eigenvalue weighted by molar-refractivity contribution is 9.08. The Labute approximate surface area is 103 Å². The van der Waals surface area contributed by atoms with E-state index in [0.29, 0.717) is 23.1 Å². The predicted molar refractivity (Wildman–Crippen MR) is 64.5 cm³/mol. The summed E-state index contributed by atoms with van der Waals surface area (Å²) in [6.07, 6.45) is 0. The zero-order valence-corrected chi connectivity index (χ0v) is 10.8. The second-order valence-electron chi connectivity index (χ2n) is 3.30. The van der Waals surface area contributed by atoms with Crippen molar-refractivity contribution in [1.29, 1.82) is 5.26 Å². The Hall–Kier alpha value is -1.34. The Morgan fingerprint density at radius 2 is 2.25 bits per heavy atom. The molecule has 0 aliphatic carbocycles. The molecule has 0 amide bonds. The fourth-order valence-electron chi connectivity index (χ4n) is 1.50. The number of hydrogen-bond acceptors (Lipinski definition) is 3. The van der Waals surface area contributed by atoms with Gasteiger partial charge in [-0.1, -0.05) is 22.0 Å². The second-order valence-corrected chi connectivity index (χ2v) is 3.86. The number of nitrogens with zero attached hydrogens (tertiary/aromatic N) is 1. The van der Waals surface area contributed by atoms with Gasteiger partial charge in [0, 0.05) is 5.33 Å². The van der Waals surface area contributed by atoms with Gasteiger partial charge in [-0.2, -0.15) is 5.26 Å². The van der Waals surface area contributed by atoms with Gasteiger partial charge in [-0.15, -0.1) is 0 Å². The number of carbonyl (C=O) groups excluding carboxylic acids is 1. The quantitative estimate of drug-likeness (QED) is 0.632. The van der Waals surface area contributed by atoms with E-state index >= 15 is 0 Å². The van der Waals surface area contributed by atoms with Gasteiger partial charge in [-0.25, -0.2) is 4.79 Å². The number of esters is 1. The zero-order chi connectivity index (χ0) is 12.1. The predicted octanol–water partition coefficient (Wildman–Crippen LogP) is 2.94. The van der Waals surface area contributed by atoms with Crippen LogP contribution in [-0.2, 0) is 10.1 Å². The number of carbonyl (C=O) groups is 1. The number of alkyl halides is 1. The standard InChI is InChI=1S/C12H12BrNO2/c1-3-16-12(15)11-8(2)4-9(6-13)5-10(11)7-14/h4-5H,3,6H2,1-2H3. The van der Waals surface area contributed by atoms with Crippen molar-refractivity contribution in [3.05, 3.63) is 34.4 Å². The SMILES string of the molecule is CCOC(=O)c1c(C)cc(CBr)cc1C#N. The summed E-state index contributed by atoms with van der Waals surface area (Å²) in [4.78, 5) is 11.7. The first-order valence-corrected chi connectivity index (χ1v) is 6.02. The van der Waals surface area contributed by atoms with Gasteiger partial charge in [0.2, 0.25) is 0 Å². The maximum absolute atomic E-state index is 11.7. The molecule has 16 heavy (non-hydrogen) atoms. The van der Waals surface area contributed by atoms with Crippen molar-refractivity contribution in [2.75, 3.05) is 6.61 Å². The highest BCUT2D eigenvalue weighted by Gasteiger charge is 2.16. The van der Waals surface area contributed by atoms with Crippen LogP contribution in [0.1, 0.15) is 34.0 Å². The van der Waals surface area contributed by atoms with E-state index in [2.05, 4.69) is 15.9 Å². The summed E-state index contributed by atoms with van der Waals surface area (Å²) >= 11 is 3.32. The van der Waals surface area contributed by atoms with Crippen LogP contribution in [0.5, 0.6) is 0 Å². The van der Waals surface area contributed by atoms with E-state index < -0.39 is 5.97 Å². The van der Waals surface area contributed by atoms with Crippen molar-refractivity contribution in [2.24, 2.45) is 0 Å². The first kappa shape index (κ1) is 12.7. The number of nitriles is 1. The lowest BCUT2D eigenvalue weighted by Gasteiger charge is -2.09. The van der Waals surface area contributed by atoms with Crippen LogP contribution in [0, 0.1) is 18.3 Å². The van der Waals surface area contributed by atoms with E-state index in [4.69, 9.17) is 10.00 Å². The summed E-state index contributed by atoms with van der Waals surface area (Å²) < 4.78 is 4.92. The van der Waals surface area contributed by atoms with E-state index in [1.54, 1.807) is 19.9 Å². The van der Waals surface area contributed by atoms with Crippen molar-refractivity contribution >= 4 is 21.9 Å². The lowest BCUT2D eigenvalue weighted by molar-refractivity contribution is 0.0525. The number of rotatable bonds is 3. The van der Waals surface area contributed by atoms with E-state index in [1.807, 2.05) is 12.1 Å². The molecule has 1 aromatic rings. The molecule has 0 bridgehead atoms. The molecule has 0 aromatic heterocycles. The van der Waals surface area contributed by atoms with Crippen molar-refractivity contribution in [3.63, 3.8) is 0 Å². The maximum atomic E-state index is 11.7. The van der Waals surface area contributed by atoms with Crippen LogP contribution in [0.3, 0.4) is 0 Å². The van der Waals surface area contributed by atoms with Crippen LogP contribution in [0.4, 0.5) is 0 Å². The number of benzene rings is 1. The van der Waals surface area contributed by atoms with Crippen molar-refractivity contribution in [2.45, 2.75) is 19.2 Å². The minimum atomic E-state index is -0.433. The van der Waals surface area contributed by atoms with Crippen molar-refractivity contribution in [1.82, 2.24) is 0 Å². The fourth-order valence-corrected chi connectivity index (χ4v) is 1.83. The molecule has 0 saturated carbocycles. The summed E-state index contributed by atoms with van der Waals surface area (Å²) in [6.45, 7) is 3.86. The Balaban J connectivity index is 3.28. The summed E-state index contributed by atoms with van der Waals surface area (Å²) in [7, 11) is 0. The molecular formula is C12H12BrNO2. The molecule has 0 unspecified atom stereocenters. The molecular weight excluding hydrogens is 270 g/mol. The summed E-state index contributed by atoms with van der Waals surface area (Å²) in [5.74, 6) is -0.433. The van der Waals surface area contributed by atoms with Gasteiger partial charge in [-0.05, 0) is 31.0 Å². The highest BCUT2D eigenvalue weighted by atomic mass is 79.9. The minimum absolute atomic E-state index is 0.309. The van der Waals surface area contributed by atoms with Gasteiger partial charge < -0.3 is 4.74 Å². The third-order valence-corrected chi connectivity index (χ3v) is 2.80. The van der Waals surface area contributed by atoms with Crippen LogP contribution in [-0.4, -0.2) is 12.6 Å². The third kappa shape index (κ3) is 2.61. The third-order valence-electron chi connectivity index (χ3n) is 2.15. The minimum Gasteiger partial charge on any atom is -0.462 e. The Morgan fingerprint density at radius 1 is 1.56 bits per heavy atom. The van der Waals surface area contributed by atoms with Crippen LogP contribution >= 0.6 is 15.9 Å². The largest absolute Gasteiger partial charge is 0.462 e. The van der Waals surface area contributed by atoms with Gasteiger partial charge in [0.05, 0.1) is 17.7 Å². The van der Waals surface area contributed by atoms with Crippen LogP contribution in [0.2, 0.25) is 0 Å². The molecule has 4 heteroatoms. The first-order valence-electron chi connectivity index (χ1n) is 4.90. The average Bonchev–Trinajstić information content (AvgIpc) is 2.27. The summed E-state index contributed by atoms with van der Waals surface area (Å²) in [5, 5.41) is 9.67. The summed E-state index contributed by atoms with van der Waals surface area (Å²) in [5.41, 5.74) is 2.48. The number of halogens is 1. The normalized spacial score (nSPS) is 9.62. The van der Waals surface area contributed by atoms with E-state index in [1.165, 1.54) is 0 Å². The highest BCUT2D eigenvalue weighted by Crippen LogP contribution is 2.19. The molecule has 1 rings (SSSR count). The van der Waals surface area contributed by atoms with Gasteiger partial charge in [0.25, 0.3) is 0 Å². The maximum Gasteiger partial charge on any atom is 0.339 e. The second kappa shape index (κ2) is 5.66.